The standard InChI is InChI=1S/C10H15NO4S.Na/c1-8-3-2-4-9(5-8)11-6-10(12)7-16(13,14)15;/h2-5,10-12H,6-7H2,1H3,(H,13,14,15);/q;+1/p-1. The molecule has 1 rings (SSSR count). The van der Waals surface area contributed by atoms with Gasteiger partial charge in [-0.15, -0.1) is 0 Å². The fourth-order valence-corrected chi connectivity index (χ4v) is 1.87. The van der Waals surface area contributed by atoms with Gasteiger partial charge in [-0.25, -0.2) is 8.42 Å². The van der Waals surface area contributed by atoms with Crippen LogP contribution in [0.25, 0.3) is 0 Å². The predicted molar refractivity (Wildman–Crippen MR) is 60.2 cm³/mol. The van der Waals surface area contributed by atoms with Gasteiger partial charge >= 0.3 is 29.6 Å². The first-order valence-corrected chi connectivity index (χ1v) is 6.37. The first-order valence-electron chi connectivity index (χ1n) is 4.79. The Morgan fingerprint density at radius 2 is 2.12 bits per heavy atom. The van der Waals surface area contributed by atoms with Crippen LogP contribution >= 0.6 is 0 Å². The molecule has 1 aromatic carbocycles. The Labute approximate surface area is 123 Å². The number of nitrogens with one attached hydrogen (secondary N) is 1. The fraction of sp³-hybridized carbons (Fsp3) is 0.400. The summed E-state index contributed by atoms with van der Waals surface area (Å²) in [5.74, 6) is -0.772. The SMILES string of the molecule is Cc1cccc(NCC(O)CS(=O)(=O)[O-])c1.[Na+]. The molecule has 1 aromatic rings. The van der Waals surface area contributed by atoms with E-state index in [0.717, 1.165) is 11.3 Å². The molecule has 7 heteroatoms. The van der Waals surface area contributed by atoms with E-state index in [4.69, 9.17) is 0 Å². The Morgan fingerprint density at radius 3 is 2.65 bits per heavy atom. The van der Waals surface area contributed by atoms with Crippen LogP contribution in [0.4, 0.5) is 5.69 Å². The van der Waals surface area contributed by atoms with Crippen LogP contribution in [0.1, 0.15) is 5.56 Å². The molecular formula is C10H14NNaO4S. The van der Waals surface area contributed by atoms with Gasteiger partial charge in [-0.2, -0.15) is 0 Å². The molecule has 90 valence electrons. The van der Waals surface area contributed by atoms with Gasteiger partial charge in [0.05, 0.1) is 22.0 Å². The monoisotopic (exact) mass is 267 g/mol. The van der Waals surface area contributed by atoms with E-state index in [1.165, 1.54) is 0 Å². The maximum absolute atomic E-state index is 10.4. The molecule has 0 radical (unpaired) electrons. The summed E-state index contributed by atoms with van der Waals surface area (Å²) < 4.78 is 31.1. The molecule has 0 bridgehead atoms. The summed E-state index contributed by atoms with van der Waals surface area (Å²) in [6.07, 6.45) is -1.19. The summed E-state index contributed by atoms with van der Waals surface area (Å²) in [6, 6.07) is 7.42. The smallest absolute Gasteiger partial charge is 0.748 e. The fourth-order valence-electron chi connectivity index (χ4n) is 1.29. The van der Waals surface area contributed by atoms with Crippen LogP contribution in [0.15, 0.2) is 24.3 Å². The minimum absolute atomic E-state index is 0. The summed E-state index contributed by atoms with van der Waals surface area (Å²) in [5.41, 5.74) is 1.83. The molecule has 0 aliphatic carbocycles. The van der Waals surface area contributed by atoms with E-state index in [1.807, 2.05) is 25.1 Å². The van der Waals surface area contributed by atoms with Crippen molar-refractivity contribution in [2.75, 3.05) is 17.6 Å². The van der Waals surface area contributed by atoms with Crippen LogP contribution in [-0.2, 0) is 10.1 Å². The van der Waals surface area contributed by atoms with Gasteiger partial charge in [0.25, 0.3) is 0 Å². The molecule has 0 heterocycles. The summed E-state index contributed by atoms with van der Waals surface area (Å²) in [6.45, 7) is 1.95. The third-order valence-corrected chi connectivity index (χ3v) is 2.75. The maximum atomic E-state index is 10.4. The average molecular weight is 267 g/mol. The Hall–Kier alpha value is -0.110. The second-order valence-electron chi connectivity index (χ2n) is 3.63. The van der Waals surface area contributed by atoms with Crippen LogP contribution < -0.4 is 34.9 Å². The number of benzene rings is 1. The summed E-state index contributed by atoms with van der Waals surface area (Å²) in [4.78, 5) is 0. The van der Waals surface area contributed by atoms with Crippen molar-refractivity contribution < 1.29 is 47.6 Å². The van der Waals surface area contributed by atoms with E-state index in [1.54, 1.807) is 6.07 Å². The molecule has 17 heavy (non-hydrogen) atoms. The summed E-state index contributed by atoms with van der Waals surface area (Å²) >= 11 is 0. The number of hydrogen-bond donors (Lipinski definition) is 2. The maximum Gasteiger partial charge on any atom is 1.00 e. The summed E-state index contributed by atoms with van der Waals surface area (Å²) in [7, 11) is -4.38. The van der Waals surface area contributed by atoms with Gasteiger partial charge in [0.15, 0.2) is 0 Å². The molecule has 2 N–H and O–H groups in total. The molecule has 0 spiro atoms. The van der Waals surface area contributed by atoms with Crippen molar-refractivity contribution in [3.63, 3.8) is 0 Å². The van der Waals surface area contributed by atoms with E-state index in [2.05, 4.69) is 5.32 Å². The zero-order valence-electron chi connectivity index (χ0n) is 9.88. The van der Waals surface area contributed by atoms with Crippen molar-refractivity contribution in [3.05, 3.63) is 29.8 Å². The Balaban J connectivity index is 0.00000256. The molecule has 0 aromatic heterocycles. The number of hydrogen-bond acceptors (Lipinski definition) is 5. The van der Waals surface area contributed by atoms with Gasteiger partial charge in [-0.05, 0) is 24.6 Å². The third kappa shape index (κ3) is 7.75. The molecule has 0 saturated carbocycles. The third-order valence-electron chi connectivity index (χ3n) is 1.96. The Morgan fingerprint density at radius 1 is 1.47 bits per heavy atom. The van der Waals surface area contributed by atoms with Crippen molar-refractivity contribution in [2.45, 2.75) is 13.0 Å². The largest absolute Gasteiger partial charge is 1.00 e. The van der Waals surface area contributed by atoms with E-state index < -0.39 is 22.0 Å². The van der Waals surface area contributed by atoms with Crippen molar-refractivity contribution in [3.8, 4) is 0 Å². The summed E-state index contributed by atoms with van der Waals surface area (Å²) in [5, 5.41) is 12.1. The second-order valence-corrected chi connectivity index (χ2v) is 5.08. The van der Waals surface area contributed by atoms with E-state index >= 15 is 0 Å². The molecule has 0 amide bonds. The van der Waals surface area contributed by atoms with Crippen LogP contribution in [-0.4, -0.2) is 36.5 Å². The second kappa shape index (κ2) is 7.35. The molecule has 0 aliphatic rings. The first kappa shape index (κ1) is 16.9. The number of rotatable bonds is 5. The predicted octanol–water partition coefficient (Wildman–Crippen LogP) is -2.68. The van der Waals surface area contributed by atoms with Gasteiger partial charge in [-0.3, -0.25) is 0 Å². The van der Waals surface area contributed by atoms with Crippen LogP contribution in [0, 0.1) is 6.92 Å². The quantitative estimate of drug-likeness (QED) is 0.448. The average Bonchev–Trinajstić information content (AvgIpc) is 2.12. The molecule has 0 fully saturated rings. The molecule has 0 saturated heterocycles. The Bertz CT molecular complexity index is 449. The van der Waals surface area contributed by atoms with E-state index in [-0.39, 0.29) is 36.1 Å². The minimum atomic E-state index is -4.38. The topological polar surface area (TPSA) is 89.5 Å². The number of aliphatic hydroxyl groups is 1. The van der Waals surface area contributed by atoms with Crippen molar-refractivity contribution in [1.82, 2.24) is 0 Å². The number of aryl methyl sites for hydroxylation is 1. The molecule has 5 nitrogen and oxygen atoms in total. The van der Waals surface area contributed by atoms with Gasteiger partial charge in [0.1, 0.15) is 0 Å². The van der Waals surface area contributed by atoms with E-state index in [0.29, 0.717) is 0 Å². The normalized spacial score (nSPS) is 12.6. The minimum Gasteiger partial charge on any atom is -0.748 e. The zero-order chi connectivity index (χ0) is 12.2. The zero-order valence-corrected chi connectivity index (χ0v) is 12.7. The van der Waals surface area contributed by atoms with E-state index in [9.17, 15) is 18.1 Å². The van der Waals surface area contributed by atoms with Gasteiger partial charge in [0, 0.05) is 12.2 Å². The molecule has 1 unspecified atom stereocenters. The Kier molecular flexibility index (Phi) is 7.30. The molecular weight excluding hydrogens is 253 g/mol. The van der Waals surface area contributed by atoms with Crippen molar-refractivity contribution >= 4 is 15.8 Å². The molecule has 1 atom stereocenters. The van der Waals surface area contributed by atoms with Crippen LogP contribution in [0.5, 0.6) is 0 Å². The van der Waals surface area contributed by atoms with Gasteiger partial charge in [0.2, 0.25) is 0 Å². The number of anilines is 1. The van der Waals surface area contributed by atoms with Crippen LogP contribution in [0.2, 0.25) is 0 Å². The van der Waals surface area contributed by atoms with Crippen molar-refractivity contribution in [2.24, 2.45) is 0 Å². The van der Waals surface area contributed by atoms with Crippen LogP contribution in [0.3, 0.4) is 0 Å². The number of aliphatic hydroxyl groups excluding tert-OH is 1. The van der Waals surface area contributed by atoms with Gasteiger partial charge in [-0.1, -0.05) is 12.1 Å². The molecule has 0 aliphatic heterocycles. The van der Waals surface area contributed by atoms with Crippen molar-refractivity contribution in [1.29, 1.82) is 0 Å². The van der Waals surface area contributed by atoms with Gasteiger partial charge < -0.3 is 15.0 Å². The first-order chi connectivity index (χ1) is 7.37.